The number of hydrogen-bond acceptors (Lipinski definition) is 8. The highest BCUT2D eigenvalue weighted by Crippen LogP contribution is 2.40. The average molecular weight is 632 g/mol. The summed E-state index contributed by atoms with van der Waals surface area (Å²) in [6, 6.07) is 29.9. The molecule has 0 fully saturated rings. The van der Waals surface area contributed by atoms with Crippen molar-refractivity contribution < 1.29 is 19.1 Å². The van der Waals surface area contributed by atoms with Crippen LogP contribution in [0.4, 0.5) is 5.69 Å². The van der Waals surface area contributed by atoms with E-state index in [4.69, 9.17) is 14.5 Å². The zero-order chi connectivity index (χ0) is 31.8. The van der Waals surface area contributed by atoms with Crippen LogP contribution in [0.2, 0.25) is 0 Å². The largest absolute Gasteiger partial charge is 0.497 e. The van der Waals surface area contributed by atoms with Crippen LogP contribution >= 0.6 is 23.1 Å². The van der Waals surface area contributed by atoms with Gasteiger partial charge in [0.05, 0.1) is 30.7 Å². The SMILES string of the molecule is COc1ccc(-c2cc(-c3ccccc3)nc(SC(C)C(=O)Nc3ccc(C(=O)/C=C/c4cccs4)cc3)c2C#N)c(OC)c1. The van der Waals surface area contributed by atoms with E-state index in [0.29, 0.717) is 50.2 Å². The number of nitrogens with one attached hydrogen (secondary N) is 1. The number of carbonyl (C=O) groups excluding carboxylic acids is 2. The second kappa shape index (κ2) is 14.5. The fourth-order valence-corrected chi connectivity index (χ4v) is 6.07. The number of nitrogens with zero attached hydrogens (tertiary/aromatic N) is 2. The van der Waals surface area contributed by atoms with Crippen molar-refractivity contribution in [1.82, 2.24) is 4.98 Å². The van der Waals surface area contributed by atoms with E-state index in [2.05, 4.69) is 11.4 Å². The Morgan fingerprint density at radius 1 is 0.956 bits per heavy atom. The highest BCUT2D eigenvalue weighted by Gasteiger charge is 2.23. The summed E-state index contributed by atoms with van der Waals surface area (Å²) in [7, 11) is 3.14. The summed E-state index contributed by atoms with van der Waals surface area (Å²) in [6.07, 6.45) is 3.32. The lowest BCUT2D eigenvalue weighted by Gasteiger charge is -2.17. The molecule has 0 aliphatic carbocycles. The highest BCUT2D eigenvalue weighted by molar-refractivity contribution is 8.00. The summed E-state index contributed by atoms with van der Waals surface area (Å²) in [5, 5.41) is 15.0. The molecule has 5 aromatic rings. The van der Waals surface area contributed by atoms with Gasteiger partial charge in [-0.15, -0.1) is 11.3 Å². The third-order valence-corrected chi connectivity index (χ3v) is 8.83. The van der Waals surface area contributed by atoms with Gasteiger partial charge < -0.3 is 14.8 Å². The number of nitriles is 1. The van der Waals surface area contributed by atoms with Gasteiger partial charge in [0.2, 0.25) is 5.91 Å². The average Bonchev–Trinajstić information content (AvgIpc) is 3.61. The van der Waals surface area contributed by atoms with Gasteiger partial charge >= 0.3 is 0 Å². The lowest BCUT2D eigenvalue weighted by molar-refractivity contribution is -0.115. The van der Waals surface area contributed by atoms with Crippen molar-refractivity contribution in [2.45, 2.75) is 17.2 Å². The maximum absolute atomic E-state index is 13.3. The van der Waals surface area contributed by atoms with Crippen LogP contribution in [0, 0.1) is 11.3 Å². The molecule has 1 unspecified atom stereocenters. The van der Waals surface area contributed by atoms with Gasteiger partial charge in [-0.05, 0) is 73.0 Å². The van der Waals surface area contributed by atoms with Crippen LogP contribution < -0.4 is 14.8 Å². The molecule has 224 valence electrons. The molecule has 1 amide bonds. The van der Waals surface area contributed by atoms with Crippen molar-refractivity contribution in [2.75, 3.05) is 19.5 Å². The Morgan fingerprint density at radius 2 is 1.73 bits per heavy atom. The van der Waals surface area contributed by atoms with Crippen molar-refractivity contribution in [3.05, 3.63) is 118 Å². The first-order valence-corrected chi connectivity index (χ1v) is 15.7. The lowest BCUT2D eigenvalue weighted by atomic mass is 9.98. The fourth-order valence-electron chi connectivity index (χ4n) is 4.53. The molecule has 0 saturated heterocycles. The number of benzene rings is 3. The van der Waals surface area contributed by atoms with Gasteiger partial charge in [0.25, 0.3) is 0 Å². The van der Waals surface area contributed by atoms with Crippen molar-refractivity contribution in [2.24, 2.45) is 0 Å². The molecule has 2 heterocycles. The third-order valence-electron chi connectivity index (χ3n) is 6.90. The van der Waals surface area contributed by atoms with Crippen molar-refractivity contribution in [3.8, 4) is 40.0 Å². The smallest absolute Gasteiger partial charge is 0.237 e. The van der Waals surface area contributed by atoms with Gasteiger partial charge in [-0.25, -0.2) is 4.98 Å². The highest BCUT2D eigenvalue weighted by atomic mass is 32.2. The van der Waals surface area contributed by atoms with Gasteiger partial charge in [0, 0.05) is 38.9 Å². The van der Waals surface area contributed by atoms with Crippen LogP contribution in [0.15, 0.2) is 107 Å². The predicted molar refractivity (Wildman–Crippen MR) is 181 cm³/mol. The Hall–Kier alpha value is -5.17. The number of thioether (sulfide) groups is 1. The number of aromatic nitrogens is 1. The standard InChI is InChI=1S/C36H29N3O4S2/c1-23(35(41)38-26-13-11-25(12-14-26)33(40)18-16-28-10-7-19-44-28)45-36-31(22-37)30(21-32(39-36)24-8-5-4-6-9-24)29-17-15-27(42-2)20-34(29)43-3/h4-21,23H,1-3H3,(H,38,41)/b18-16+. The molecule has 45 heavy (non-hydrogen) atoms. The van der Waals surface area contributed by atoms with E-state index in [9.17, 15) is 14.9 Å². The van der Waals surface area contributed by atoms with Crippen molar-refractivity contribution in [1.29, 1.82) is 5.26 Å². The molecular weight excluding hydrogens is 603 g/mol. The number of anilines is 1. The van der Waals surface area contributed by atoms with Crippen LogP contribution in [0.5, 0.6) is 11.5 Å². The van der Waals surface area contributed by atoms with E-state index in [1.165, 1.54) is 17.8 Å². The second-order valence-corrected chi connectivity index (χ2v) is 12.1. The Labute approximate surface area is 270 Å². The van der Waals surface area contributed by atoms with Crippen LogP contribution in [0.1, 0.15) is 27.7 Å². The number of hydrogen-bond donors (Lipinski definition) is 1. The number of methoxy groups -OCH3 is 2. The lowest BCUT2D eigenvalue weighted by Crippen LogP contribution is -2.22. The van der Waals surface area contributed by atoms with E-state index in [0.717, 1.165) is 10.4 Å². The number of amides is 1. The van der Waals surface area contributed by atoms with E-state index < -0.39 is 5.25 Å². The summed E-state index contributed by atoms with van der Waals surface area (Å²) < 4.78 is 11.0. The minimum absolute atomic E-state index is 0.122. The minimum atomic E-state index is -0.601. The summed E-state index contributed by atoms with van der Waals surface area (Å²) in [5.41, 5.74) is 4.27. The van der Waals surface area contributed by atoms with Crippen LogP contribution in [0.25, 0.3) is 28.5 Å². The number of pyridine rings is 1. The predicted octanol–water partition coefficient (Wildman–Crippen LogP) is 8.38. The zero-order valence-corrected chi connectivity index (χ0v) is 26.4. The molecule has 1 N–H and O–H groups in total. The number of carbonyl (C=O) groups is 2. The Kier molecular flexibility index (Phi) is 10.1. The number of ketones is 1. The second-order valence-electron chi connectivity index (χ2n) is 9.82. The van der Waals surface area contributed by atoms with Crippen LogP contribution in [0.3, 0.4) is 0 Å². The topological polar surface area (TPSA) is 101 Å². The van der Waals surface area contributed by atoms with E-state index in [1.807, 2.05) is 66.0 Å². The third kappa shape index (κ3) is 7.50. The van der Waals surface area contributed by atoms with Crippen LogP contribution in [-0.2, 0) is 4.79 Å². The van der Waals surface area contributed by atoms with Gasteiger partial charge in [-0.2, -0.15) is 5.26 Å². The molecule has 0 radical (unpaired) electrons. The first-order valence-electron chi connectivity index (χ1n) is 14.0. The van der Waals surface area contributed by atoms with Crippen molar-refractivity contribution in [3.63, 3.8) is 0 Å². The van der Waals surface area contributed by atoms with Crippen LogP contribution in [-0.4, -0.2) is 36.1 Å². The van der Waals surface area contributed by atoms with Gasteiger partial charge in [0.15, 0.2) is 5.78 Å². The molecule has 3 aromatic carbocycles. The molecule has 0 saturated carbocycles. The molecule has 2 aromatic heterocycles. The minimum Gasteiger partial charge on any atom is -0.497 e. The molecule has 7 nitrogen and oxygen atoms in total. The Morgan fingerprint density at radius 3 is 2.40 bits per heavy atom. The summed E-state index contributed by atoms with van der Waals surface area (Å²) in [5.74, 6) is 0.777. The van der Waals surface area contributed by atoms with E-state index in [1.54, 1.807) is 68.9 Å². The number of allylic oxidation sites excluding steroid dienone is 1. The summed E-state index contributed by atoms with van der Waals surface area (Å²) in [4.78, 5) is 31.7. The normalized spacial score (nSPS) is 11.5. The first-order chi connectivity index (χ1) is 21.9. The molecule has 1 atom stereocenters. The number of ether oxygens (including phenoxy) is 2. The molecular formula is C36H29N3O4S2. The molecule has 5 rings (SSSR count). The number of rotatable bonds is 11. The molecule has 0 bridgehead atoms. The maximum Gasteiger partial charge on any atom is 0.237 e. The van der Waals surface area contributed by atoms with Gasteiger partial charge in [-0.1, -0.05) is 48.2 Å². The Balaban J connectivity index is 1.40. The number of thiophene rings is 1. The van der Waals surface area contributed by atoms with E-state index in [-0.39, 0.29) is 11.7 Å². The quantitative estimate of drug-likeness (QED) is 0.0888. The van der Waals surface area contributed by atoms with Gasteiger partial charge in [0.1, 0.15) is 22.6 Å². The molecule has 0 aliphatic rings. The summed E-state index contributed by atoms with van der Waals surface area (Å²) >= 11 is 2.76. The Bertz CT molecular complexity index is 1880. The molecule has 9 heteroatoms. The molecule has 0 spiro atoms. The maximum atomic E-state index is 13.3. The summed E-state index contributed by atoms with van der Waals surface area (Å²) in [6.45, 7) is 1.76. The van der Waals surface area contributed by atoms with Crippen molar-refractivity contribution >= 4 is 46.6 Å². The fraction of sp³-hybridized carbons (Fsp3) is 0.111. The molecule has 0 aliphatic heterocycles. The monoisotopic (exact) mass is 631 g/mol. The van der Waals surface area contributed by atoms with E-state index >= 15 is 0 Å². The first kappa shape index (κ1) is 31.3. The van der Waals surface area contributed by atoms with Gasteiger partial charge in [-0.3, -0.25) is 9.59 Å². The zero-order valence-electron chi connectivity index (χ0n) is 24.8.